The first-order valence-corrected chi connectivity index (χ1v) is 14.0. The van der Waals surface area contributed by atoms with Crippen LogP contribution in [0.25, 0.3) is 22.3 Å². The molecule has 208 valence electrons. The molecule has 8 nitrogen and oxygen atoms in total. The molecule has 7 rings (SSSR count). The maximum absolute atomic E-state index is 15.0. The van der Waals surface area contributed by atoms with Gasteiger partial charge in [0.25, 0.3) is 0 Å². The van der Waals surface area contributed by atoms with E-state index in [-0.39, 0.29) is 22.7 Å². The van der Waals surface area contributed by atoms with Gasteiger partial charge in [-0.1, -0.05) is 13.0 Å². The van der Waals surface area contributed by atoms with Gasteiger partial charge in [-0.05, 0) is 49.6 Å². The second-order valence-electron chi connectivity index (χ2n) is 11.0. The number of nitrogens with one attached hydrogen (secondary N) is 1. The van der Waals surface area contributed by atoms with E-state index in [0.717, 1.165) is 37.9 Å². The Morgan fingerprint density at radius 3 is 2.52 bits per heavy atom. The summed E-state index contributed by atoms with van der Waals surface area (Å²) in [5, 5.41) is 3.03. The number of likely N-dealkylation sites (tertiary alicyclic amines) is 1. The number of piperazine rings is 1. The lowest BCUT2D eigenvalue weighted by atomic mass is 10.1. The molecule has 3 aliphatic heterocycles. The Bertz CT molecular complexity index is 1540. The van der Waals surface area contributed by atoms with Crippen LogP contribution in [-0.4, -0.2) is 72.7 Å². The van der Waals surface area contributed by atoms with Crippen molar-refractivity contribution < 1.29 is 13.2 Å². The molecular weight excluding hydrogens is 517 g/mol. The molecule has 3 aromatic heterocycles. The van der Waals surface area contributed by atoms with Crippen LogP contribution in [0.5, 0.6) is 0 Å². The first-order chi connectivity index (χ1) is 19.5. The van der Waals surface area contributed by atoms with E-state index in [9.17, 15) is 8.78 Å². The Morgan fingerprint density at radius 1 is 0.975 bits per heavy atom. The average Bonchev–Trinajstić information content (AvgIpc) is 3.61. The number of rotatable bonds is 7. The number of aryl methyl sites for hydroxylation is 1. The number of hydrogen-bond donors (Lipinski definition) is 1. The Kier molecular flexibility index (Phi) is 6.42. The summed E-state index contributed by atoms with van der Waals surface area (Å²) in [6.45, 7) is 5.81. The quantitative estimate of drug-likeness (QED) is 0.347. The zero-order valence-electron chi connectivity index (χ0n) is 22.3. The van der Waals surface area contributed by atoms with Crippen LogP contribution in [-0.2, 0) is 13.0 Å². The SMILES string of the molecule is CCN1C2CCC1CN(Cc1ccc(Nc3ncc(F)c(-c4cc(F)c5nc6n(c5c4)[C@H](CF)CC6)n3)nc1)C2. The van der Waals surface area contributed by atoms with E-state index in [4.69, 9.17) is 0 Å². The summed E-state index contributed by atoms with van der Waals surface area (Å²) in [7, 11) is 0. The molecule has 3 atom stereocenters. The number of halogens is 3. The smallest absolute Gasteiger partial charge is 0.229 e. The number of likely N-dealkylation sites (N-methyl/N-ethyl adjacent to an activating group) is 1. The van der Waals surface area contributed by atoms with Gasteiger partial charge >= 0.3 is 0 Å². The molecule has 0 amide bonds. The third kappa shape index (κ3) is 4.41. The van der Waals surface area contributed by atoms with Crippen LogP contribution in [0, 0.1) is 11.6 Å². The molecule has 40 heavy (non-hydrogen) atoms. The largest absolute Gasteiger partial charge is 0.322 e. The maximum Gasteiger partial charge on any atom is 0.229 e. The van der Waals surface area contributed by atoms with Crippen molar-refractivity contribution in [2.24, 2.45) is 0 Å². The highest BCUT2D eigenvalue weighted by Crippen LogP contribution is 2.35. The van der Waals surface area contributed by atoms with Gasteiger partial charge < -0.3 is 9.88 Å². The van der Waals surface area contributed by atoms with Crippen LogP contribution in [0.1, 0.15) is 43.6 Å². The molecular formula is C29H31F3N8. The second kappa shape index (κ2) is 10.1. The van der Waals surface area contributed by atoms with E-state index >= 15 is 4.39 Å². The monoisotopic (exact) mass is 548 g/mol. The number of imidazole rings is 1. The molecule has 4 aromatic rings. The molecule has 2 bridgehead atoms. The standard InChI is InChI=1S/C29H31F3N8/c1-2-39-20-4-5-21(39)16-38(15-20)14-17-3-7-25(33-12-17)35-29-34-13-23(32)27(37-29)18-9-22(31)28-24(10-18)40-19(11-30)6-8-26(40)36-28/h3,7,9-10,12-13,19-21H,2,4-6,8,11,14-16H2,1H3,(H,33,34,35,37)/t19-,20?,21?/m0/s1. The Hall–Kier alpha value is -3.57. The van der Waals surface area contributed by atoms with E-state index in [2.05, 4.69) is 42.0 Å². The fourth-order valence-corrected chi connectivity index (χ4v) is 6.81. The van der Waals surface area contributed by atoms with Crippen molar-refractivity contribution in [2.75, 3.05) is 31.6 Å². The fourth-order valence-electron chi connectivity index (χ4n) is 6.81. The number of anilines is 2. The lowest BCUT2D eigenvalue weighted by molar-refractivity contribution is 0.0669. The summed E-state index contributed by atoms with van der Waals surface area (Å²) in [6, 6.07) is 7.62. The van der Waals surface area contributed by atoms with E-state index in [0.29, 0.717) is 42.1 Å². The molecule has 0 aliphatic carbocycles. The summed E-state index contributed by atoms with van der Waals surface area (Å²) in [4.78, 5) is 22.4. The molecule has 1 aromatic carbocycles. The van der Waals surface area contributed by atoms with E-state index in [1.807, 2.05) is 18.3 Å². The summed E-state index contributed by atoms with van der Waals surface area (Å²) < 4.78 is 45.2. The highest BCUT2D eigenvalue weighted by Gasteiger charge is 2.38. The summed E-state index contributed by atoms with van der Waals surface area (Å²) in [5.41, 5.74) is 1.91. The van der Waals surface area contributed by atoms with Crippen LogP contribution in [0.3, 0.4) is 0 Å². The van der Waals surface area contributed by atoms with Crippen LogP contribution < -0.4 is 5.32 Å². The van der Waals surface area contributed by atoms with Gasteiger partial charge in [-0.15, -0.1) is 0 Å². The number of pyridine rings is 1. The van der Waals surface area contributed by atoms with Gasteiger partial charge in [0.1, 0.15) is 29.5 Å². The summed E-state index contributed by atoms with van der Waals surface area (Å²) in [6.07, 6.45) is 6.63. The minimum absolute atomic E-state index is 0.0545. The van der Waals surface area contributed by atoms with Crippen molar-refractivity contribution in [3.63, 3.8) is 0 Å². The molecule has 3 aliphatic rings. The third-order valence-corrected chi connectivity index (χ3v) is 8.63. The molecule has 6 heterocycles. The van der Waals surface area contributed by atoms with Crippen molar-refractivity contribution >= 4 is 22.8 Å². The Morgan fingerprint density at radius 2 is 1.80 bits per heavy atom. The molecule has 0 radical (unpaired) electrons. The number of nitrogens with zero attached hydrogens (tertiary/aromatic N) is 7. The number of fused-ring (bicyclic) bond motifs is 5. The number of aromatic nitrogens is 5. The van der Waals surface area contributed by atoms with E-state index in [1.54, 1.807) is 10.6 Å². The van der Waals surface area contributed by atoms with Crippen LogP contribution >= 0.6 is 0 Å². The number of benzene rings is 1. The Balaban J connectivity index is 1.09. The highest BCUT2D eigenvalue weighted by atomic mass is 19.1. The molecule has 11 heteroatoms. The zero-order valence-corrected chi connectivity index (χ0v) is 22.3. The molecule has 2 saturated heterocycles. The number of hydrogen-bond acceptors (Lipinski definition) is 7. The zero-order chi connectivity index (χ0) is 27.4. The predicted molar refractivity (Wildman–Crippen MR) is 146 cm³/mol. The van der Waals surface area contributed by atoms with Crippen molar-refractivity contribution in [2.45, 2.75) is 57.3 Å². The molecule has 1 N–H and O–H groups in total. The molecule has 2 unspecified atom stereocenters. The third-order valence-electron chi connectivity index (χ3n) is 8.63. The van der Waals surface area contributed by atoms with Crippen LogP contribution in [0.15, 0.2) is 36.7 Å². The van der Waals surface area contributed by atoms with Gasteiger partial charge in [-0.2, -0.15) is 0 Å². The lowest BCUT2D eigenvalue weighted by Crippen LogP contribution is -2.53. The second-order valence-corrected chi connectivity index (χ2v) is 11.0. The van der Waals surface area contributed by atoms with Gasteiger partial charge in [-0.3, -0.25) is 9.80 Å². The highest BCUT2D eigenvalue weighted by molar-refractivity contribution is 5.83. The first-order valence-electron chi connectivity index (χ1n) is 14.0. The van der Waals surface area contributed by atoms with Crippen LogP contribution in [0.4, 0.5) is 24.9 Å². The molecule has 2 fully saturated rings. The molecule has 0 spiro atoms. The molecule has 0 saturated carbocycles. The topological polar surface area (TPSA) is 75.0 Å². The van der Waals surface area contributed by atoms with Gasteiger partial charge in [0.2, 0.25) is 5.95 Å². The minimum atomic E-state index is -0.687. The van der Waals surface area contributed by atoms with Crippen molar-refractivity contribution in [1.82, 2.24) is 34.3 Å². The first kappa shape index (κ1) is 25.4. The lowest BCUT2D eigenvalue weighted by Gasteiger charge is -2.40. The van der Waals surface area contributed by atoms with E-state index < -0.39 is 24.4 Å². The van der Waals surface area contributed by atoms with Crippen LogP contribution in [0.2, 0.25) is 0 Å². The van der Waals surface area contributed by atoms with Crippen molar-refractivity contribution in [1.29, 1.82) is 0 Å². The minimum Gasteiger partial charge on any atom is -0.322 e. The summed E-state index contributed by atoms with van der Waals surface area (Å²) >= 11 is 0. The fraction of sp³-hybridized carbons (Fsp3) is 0.448. The van der Waals surface area contributed by atoms with Gasteiger partial charge in [0.05, 0.1) is 17.8 Å². The maximum atomic E-state index is 15.0. The average molecular weight is 549 g/mol. The van der Waals surface area contributed by atoms with E-state index in [1.165, 1.54) is 18.9 Å². The van der Waals surface area contributed by atoms with Crippen molar-refractivity contribution in [3.8, 4) is 11.3 Å². The van der Waals surface area contributed by atoms with Crippen molar-refractivity contribution in [3.05, 3.63) is 59.7 Å². The Labute approximate surface area is 230 Å². The number of alkyl halides is 1. The summed E-state index contributed by atoms with van der Waals surface area (Å²) in [5.74, 6) is 0.0286. The van der Waals surface area contributed by atoms with Gasteiger partial charge in [0, 0.05) is 49.9 Å². The van der Waals surface area contributed by atoms with Gasteiger partial charge in [0.15, 0.2) is 11.6 Å². The predicted octanol–water partition coefficient (Wildman–Crippen LogP) is 5.04. The van der Waals surface area contributed by atoms with Gasteiger partial charge in [-0.25, -0.2) is 33.1 Å². The normalized spacial score (nSPS) is 22.8.